The second kappa shape index (κ2) is 7.07. The first-order chi connectivity index (χ1) is 6.12. The molecule has 0 radical (unpaired) electrons. The molecular weight excluding hydrogens is 182 g/mol. The van der Waals surface area contributed by atoms with Gasteiger partial charge in [-0.05, 0) is 25.1 Å². The molecule has 0 aromatic rings. The summed E-state index contributed by atoms with van der Waals surface area (Å²) in [6.07, 6.45) is 1.38. The molecular formula is C9H19NO2Si. The molecule has 13 heavy (non-hydrogen) atoms. The highest BCUT2D eigenvalue weighted by atomic mass is 28.4. The zero-order valence-corrected chi connectivity index (χ0v) is 9.55. The van der Waals surface area contributed by atoms with E-state index in [0.29, 0.717) is 19.6 Å². The van der Waals surface area contributed by atoms with E-state index in [9.17, 15) is 4.80 Å². The molecule has 1 atom stereocenters. The Labute approximate surface area is 81.5 Å². The molecule has 0 aromatic heterocycles. The van der Waals surface area contributed by atoms with Crippen LogP contribution in [0.3, 0.4) is 0 Å². The van der Waals surface area contributed by atoms with E-state index in [1.807, 2.05) is 19.5 Å². The lowest BCUT2D eigenvalue weighted by Crippen LogP contribution is -2.28. The first-order valence-corrected chi connectivity index (χ1v) is 7.65. The van der Waals surface area contributed by atoms with Gasteiger partial charge in [0.05, 0.1) is 19.1 Å². The zero-order valence-electron chi connectivity index (χ0n) is 8.55. The van der Waals surface area contributed by atoms with Crippen LogP contribution in [-0.2, 0) is 4.74 Å². The molecule has 4 heteroatoms. The summed E-state index contributed by atoms with van der Waals surface area (Å²) in [4.78, 5) is 9.76. The van der Waals surface area contributed by atoms with Crippen LogP contribution in [0.2, 0.25) is 18.6 Å². The van der Waals surface area contributed by atoms with Crippen molar-refractivity contribution in [3.63, 3.8) is 0 Å². The second-order valence-electron chi connectivity index (χ2n) is 3.47. The molecule has 0 heterocycles. The van der Waals surface area contributed by atoms with Gasteiger partial charge in [0.15, 0.2) is 8.32 Å². The van der Waals surface area contributed by atoms with Gasteiger partial charge in [0.25, 0.3) is 0 Å². The Balaban J connectivity index is 3.22. The fourth-order valence-electron chi connectivity index (χ4n) is 0.952. The van der Waals surface area contributed by atoms with Gasteiger partial charge in [-0.25, -0.2) is 0 Å². The Morgan fingerprint density at radius 1 is 1.46 bits per heavy atom. The molecule has 0 rings (SSSR count). The summed E-state index contributed by atoms with van der Waals surface area (Å²) >= 11 is 0. The van der Waals surface area contributed by atoms with Crippen LogP contribution in [0, 0.1) is 11.3 Å². The van der Waals surface area contributed by atoms with Crippen molar-refractivity contribution in [3.05, 3.63) is 0 Å². The molecule has 0 aliphatic rings. The number of hydrogen-bond acceptors (Lipinski definition) is 3. The largest absolute Gasteiger partial charge is 0.432 e. The Bertz CT molecular complexity index is 165. The standard InChI is InChI=1S/C9H19NO2Si/c1-3-13(2,11)9-5-8-12-7-4-6-10/h11H,3-5,7-9H2,1-2H3. The zero-order chi connectivity index (χ0) is 10.2. The Kier molecular flexibility index (Phi) is 6.87. The van der Waals surface area contributed by atoms with Crippen LogP contribution in [0.25, 0.3) is 0 Å². The van der Waals surface area contributed by atoms with Crippen LogP contribution in [-0.4, -0.2) is 26.3 Å². The predicted molar refractivity (Wildman–Crippen MR) is 54.8 cm³/mol. The molecule has 0 aliphatic heterocycles. The highest BCUT2D eigenvalue weighted by Crippen LogP contribution is 2.13. The SMILES string of the molecule is CC[Si](C)(O)CCCOCCC#N. The number of ether oxygens (including phenoxy) is 1. The average molecular weight is 201 g/mol. The van der Waals surface area contributed by atoms with E-state index >= 15 is 0 Å². The van der Waals surface area contributed by atoms with E-state index in [1.54, 1.807) is 0 Å². The number of nitriles is 1. The lowest BCUT2D eigenvalue weighted by atomic mass is 10.5. The van der Waals surface area contributed by atoms with Crippen LogP contribution in [0.4, 0.5) is 0 Å². The monoisotopic (exact) mass is 201 g/mol. The third-order valence-electron chi connectivity index (χ3n) is 2.12. The van der Waals surface area contributed by atoms with Crippen molar-refractivity contribution in [2.24, 2.45) is 0 Å². The van der Waals surface area contributed by atoms with Crippen LogP contribution in [0.5, 0.6) is 0 Å². The molecule has 0 amide bonds. The van der Waals surface area contributed by atoms with Gasteiger partial charge >= 0.3 is 0 Å². The summed E-state index contributed by atoms with van der Waals surface area (Å²) in [5.74, 6) is 0. The molecule has 0 aliphatic carbocycles. The fraction of sp³-hybridized carbons (Fsp3) is 0.889. The van der Waals surface area contributed by atoms with Gasteiger partial charge in [-0.1, -0.05) is 6.92 Å². The highest BCUT2D eigenvalue weighted by Gasteiger charge is 2.20. The van der Waals surface area contributed by atoms with Crippen molar-refractivity contribution in [2.75, 3.05) is 13.2 Å². The van der Waals surface area contributed by atoms with Crippen molar-refractivity contribution >= 4 is 8.32 Å². The maximum absolute atomic E-state index is 9.76. The van der Waals surface area contributed by atoms with Crippen molar-refractivity contribution < 1.29 is 9.53 Å². The molecule has 0 fully saturated rings. The summed E-state index contributed by atoms with van der Waals surface area (Å²) in [5.41, 5.74) is 0. The first-order valence-electron chi connectivity index (χ1n) is 4.79. The minimum atomic E-state index is -1.89. The van der Waals surface area contributed by atoms with E-state index in [2.05, 4.69) is 0 Å². The number of nitrogens with zero attached hydrogens (tertiary/aromatic N) is 1. The molecule has 76 valence electrons. The minimum absolute atomic E-state index is 0.460. The van der Waals surface area contributed by atoms with E-state index in [-0.39, 0.29) is 0 Å². The lowest BCUT2D eigenvalue weighted by molar-refractivity contribution is 0.139. The lowest BCUT2D eigenvalue weighted by Gasteiger charge is -2.17. The van der Waals surface area contributed by atoms with Gasteiger partial charge in [-0.3, -0.25) is 0 Å². The molecule has 0 aromatic carbocycles. The highest BCUT2D eigenvalue weighted by molar-refractivity contribution is 6.71. The molecule has 0 spiro atoms. The third kappa shape index (κ3) is 7.97. The van der Waals surface area contributed by atoms with E-state index < -0.39 is 8.32 Å². The Morgan fingerprint density at radius 2 is 2.15 bits per heavy atom. The van der Waals surface area contributed by atoms with Gasteiger partial charge in [-0.15, -0.1) is 0 Å². The van der Waals surface area contributed by atoms with E-state index in [1.165, 1.54) is 0 Å². The Hall–Kier alpha value is -0.373. The average Bonchev–Trinajstić information content (AvgIpc) is 2.11. The van der Waals surface area contributed by atoms with Crippen molar-refractivity contribution in [1.82, 2.24) is 0 Å². The summed E-state index contributed by atoms with van der Waals surface area (Å²) in [5, 5.41) is 8.23. The summed E-state index contributed by atoms with van der Waals surface area (Å²) < 4.78 is 5.20. The van der Waals surface area contributed by atoms with Crippen LogP contribution in [0.1, 0.15) is 19.8 Å². The minimum Gasteiger partial charge on any atom is -0.432 e. The summed E-state index contributed by atoms with van der Waals surface area (Å²) in [6, 6.07) is 3.83. The maximum atomic E-state index is 9.76. The smallest absolute Gasteiger partial charge is 0.185 e. The van der Waals surface area contributed by atoms with Crippen molar-refractivity contribution in [1.29, 1.82) is 5.26 Å². The molecule has 0 saturated heterocycles. The topological polar surface area (TPSA) is 53.2 Å². The molecule has 3 nitrogen and oxygen atoms in total. The maximum Gasteiger partial charge on any atom is 0.185 e. The van der Waals surface area contributed by atoms with Gasteiger partial charge in [0.2, 0.25) is 0 Å². The predicted octanol–water partition coefficient (Wildman–Crippen LogP) is 1.89. The number of hydrogen-bond donors (Lipinski definition) is 1. The molecule has 0 saturated carbocycles. The van der Waals surface area contributed by atoms with Crippen molar-refractivity contribution in [3.8, 4) is 6.07 Å². The van der Waals surface area contributed by atoms with Gasteiger partial charge < -0.3 is 9.53 Å². The second-order valence-corrected chi connectivity index (χ2v) is 7.68. The fourth-order valence-corrected chi connectivity index (χ4v) is 2.21. The van der Waals surface area contributed by atoms with Gasteiger partial charge in [0, 0.05) is 6.61 Å². The molecule has 1 unspecified atom stereocenters. The normalized spacial score (nSPS) is 14.9. The first kappa shape index (κ1) is 12.6. The Morgan fingerprint density at radius 3 is 2.69 bits per heavy atom. The molecule has 0 bridgehead atoms. The van der Waals surface area contributed by atoms with Crippen LogP contribution < -0.4 is 0 Å². The summed E-state index contributed by atoms with van der Waals surface area (Å²) in [7, 11) is -1.89. The summed E-state index contributed by atoms with van der Waals surface area (Å²) in [6.45, 7) is 5.20. The van der Waals surface area contributed by atoms with Crippen LogP contribution >= 0.6 is 0 Å². The number of rotatable bonds is 7. The van der Waals surface area contributed by atoms with Gasteiger partial charge in [-0.2, -0.15) is 5.26 Å². The van der Waals surface area contributed by atoms with Gasteiger partial charge in [0.1, 0.15) is 0 Å². The van der Waals surface area contributed by atoms with E-state index in [4.69, 9.17) is 10.00 Å². The van der Waals surface area contributed by atoms with E-state index in [0.717, 1.165) is 18.5 Å². The van der Waals surface area contributed by atoms with Crippen LogP contribution in [0.15, 0.2) is 0 Å². The quantitative estimate of drug-likeness (QED) is 0.505. The molecule has 1 N–H and O–H groups in total. The van der Waals surface area contributed by atoms with Crippen molar-refractivity contribution in [2.45, 2.75) is 38.4 Å². The third-order valence-corrected chi connectivity index (χ3v) is 5.08.